The highest BCUT2D eigenvalue weighted by Crippen LogP contribution is 2.10. The van der Waals surface area contributed by atoms with Crippen LogP contribution >= 0.6 is 0 Å². The van der Waals surface area contributed by atoms with E-state index in [1.54, 1.807) is 36.4 Å². The summed E-state index contributed by atoms with van der Waals surface area (Å²) in [7, 11) is -3.46. The van der Waals surface area contributed by atoms with Crippen molar-refractivity contribution in [1.29, 1.82) is 0 Å². The van der Waals surface area contributed by atoms with Gasteiger partial charge in [0.15, 0.2) is 0 Å². The Hall–Kier alpha value is -1.98. The van der Waals surface area contributed by atoms with Gasteiger partial charge in [0.2, 0.25) is 10.0 Å². The minimum absolute atomic E-state index is 0.264. The minimum atomic E-state index is -3.46. The van der Waals surface area contributed by atoms with E-state index in [2.05, 4.69) is 4.72 Å². The summed E-state index contributed by atoms with van der Waals surface area (Å²) in [5.74, 6) is -0.275. The first kappa shape index (κ1) is 16.4. The van der Waals surface area contributed by atoms with Gasteiger partial charge in [-0.2, -0.15) is 0 Å². The maximum Gasteiger partial charge on any atom is 0.240 e. The lowest BCUT2D eigenvalue weighted by Gasteiger charge is -2.05. The molecular weight excluding hydrogens is 301 g/mol. The molecule has 2 aromatic rings. The summed E-state index contributed by atoms with van der Waals surface area (Å²) in [6.07, 6.45) is 4.24. The number of hydrogen-bond donors (Lipinski definition) is 1. The number of benzene rings is 2. The van der Waals surface area contributed by atoms with Crippen LogP contribution in [0, 0.1) is 12.7 Å². The Labute approximate surface area is 130 Å². The van der Waals surface area contributed by atoms with Gasteiger partial charge in [0, 0.05) is 6.54 Å². The predicted molar refractivity (Wildman–Crippen MR) is 86.4 cm³/mol. The summed E-state index contributed by atoms with van der Waals surface area (Å²) in [4.78, 5) is 0.264. The molecule has 0 atom stereocenters. The topological polar surface area (TPSA) is 46.2 Å². The summed E-state index contributed by atoms with van der Waals surface area (Å²) in [5, 5.41) is 0. The van der Waals surface area contributed by atoms with Gasteiger partial charge in [0.05, 0.1) is 4.90 Å². The zero-order chi connectivity index (χ0) is 16.0. The number of aryl methyl sites for hydroxylation is 1. The van der Waals surface area contributed by atoms with Gasteiger partial charge in [-0.15, -0.1) is 0 Å². The van der Waals surface area contributed by atoms with Crippen LogP contribution in [0.2, 0.25) is 0 Å². The average Bonchev–Trinajstić information content (AvgIpc) is 2.49. The van der Waals surface area contributed by atoms with Crippen LogP contribution in [0.25, 0.3) is 6.08 Å². The predicted octanol–water partition coefficient (Wildman–Crippen LogP) is 3.52. The molecule has 3 nitrogen and oxygen atoms in total. The Bertz CT molecular complexity index is 735. The Balaban J connectivity index is 1.85. The monoisotopic (exact) mass is 319 g/mol. The third-order valence-corrected chi connectivity index (χ3v) is 4.59. The minimum Gasteiger partial charge on any atom is -0.211 e. The first-order chi connectivity index (χ1) is 10.5. The lowest BCUT2D eigenvalue weighted by atomic mass is 10.2. The van der Waals surface area contributed by atoms with E-state index in [4.69, 9.17) is 0 Å². The number of hydrogen-bond acceptors (Lipinski definition) is 2. The normalized spacial score (nSPS) is 11.9. The van der Waals surface area contributed by atoms with E-state index in [0.29, 0.717) is 13.0 Å². The Kier molecular flexibility index (Phi) is 5.46. The Morgan fingerprint density at radius 3 is 2.32 bits per heavy atom. The van der Waals surface area contributed by atoms with Gasteiger partial charge in [-0.05, 0) is 43.2 Å². The standard InChI is InChI=1S/C17H18FNO2S/c1-14-5-11-17(12-6-14)22(20,21)19-13-3-2-4-15-7-9-16(18)10-8-15/h2,4-12,19H,3,13H2,1H3/b4-2-. The van der Waals surface area contributed by atoms with Crippen molar-refractivity contribution >= 4 is 16.1 Å². The average molecular weight is 319 g/mol. The first-order valence-corrected chi connectivity index (χ1v) is 8.44. The van der Waals surface area contributed by atoms with Crippen molar-refractivity contribution in [2.45, 2.75) is 18.2 Å². The summed E-state index contributed by atoms with van der Waals surface area (Å²) in [6, 6.07) is 12.8. The second-order valence-electron chi connectivity index (χ2n) is 4.95. The van der Waals surface area contributed by atoms with Crippen LogP contribution in [0.5, 0.6) is 0 Å². The highest BCUT2D eigenvalue weighted by Gasteiger charge is 2.11. The molecule has 0 spiro atoms. The molecule has 0 unspecified atom stereocenters. The van der Waals surface area contributed by atoms with E-state index >= 15 is 0 Å². The van der Waals surface area contributed by atoms with E-state index in [0.717, 1.165) is 11.1 Å². The van der Waals surface area contributed by atoms with Crippen LogP contribution in [0.1, 0.15) is 17.5 Å². The Morgan fingerprint density at radius 2 is 1.68 bits per heavy atom. The van der Waals surface area contributed by atoms with Crippen molar-refractivity contribution in [3.63, 3.8) is 0 Å². The van der Waals surface area contributed by atoms with E-state index in [1.165, 1.54) is 12.1 Å². The lowest BCUT2D eigenvalue weighted by molar-refractivity contribution is 0.582. The van der Waals surface area contributed by atoms with Crippen LogP contribution in [-0.4, -0.2) is 15.0 Å². The zero-order valence-corrected chi connectivity index (χ0v) is 13.1. The van der Waals surface area contributed by atoms with Crippen LogP contribution in [0.4, 0.5) is 4.39 Å². The van der Waals surface area contributed by atoms with Crippen molar-refractivity contribution in [2.24, 2.45) is 0 Å². The molecule has 0 aliphatic rings. The Morgan fingerprint density at radius 1 is 1.05 bits per heavy atom. The zero-order valence-electron chi connectivity index (χ0n) is 12.3. The van der Waals surface area contributed by atoms with E-state index < -0.39 is 10.0 Å². The molecule has 0 aromatic heterocycles. The third-order valence-electron chi connectivity index (χ3n) is 3.11. The van der Waals surface area contributed by atoms with Gasteiger partial charge in [-0.3, -0.25) is 0 Å². The highest BCUT2D eigenvalue weighted by atomic mass is 32.2. The van der Waals surface area contributed by atoms with E-state index in [-0.39, 0.29) is 10.7 Å². The smallest absolute Gasteiger partial charge is 0.211 e. The molecule has 116 valence electrons. The quantitative estimate of drug-likeness (QED) is 0.828. The van der Waals surface area contributed by atoms with Crippen LogP contribution < -0.4 is 4.72 Å². The van der Waals surface area contributed by atoms with Gasteiger partial charge in [0.25, 0.3) is 0 Å². The summed E-state index contributed by atoms with van der Waals surface area (Å²) in [6.45, 7) is 2.22. The van der Waals surface area contributed by atoms with Crippen molar-refractivity contribution in [1.82, 2.24) is 4.72 Å². The molecule has 0 heterocycles. The fourth-order valence-corrected chi connectivity index (χ4v) is 2.92. The first-order valence-electron chi connectivity index (χ1n) is 6.96. The molecule has 5 heteroatoms. The van der Waals surface area contributed by atoms with Crippen molar-refractivity contribution in [3.8, 4) is 0 Å². The van der Waals surface area contributed by atoms with E-state index in [1.807, 2.05) is 19.1 Å². The van der Waals surface area contributed by atoms with Crippen LogP contribution in [0.3, 0.4) is 0 Å². The summed E-state index contributed by atoms with van der Waals surface area (Å²) >= 11 is 0. The van der Waals surface area contributed by atoms with Crippen LogP contribution in [-0.2, 0) is 10.0 Å². The van der Waals surface area contributed by atoms with Gasteiger partial charge in [0.1, 0.15) is 5.82 Å². The van der Waals surface area contributed by atoms with E-state index in [9.17, 15) is 12.8 Å². The summed E-state index contributed by atoms with van der Waals surface area (Å²) in [5.41, 5.74) is 1.89. The van der Waals surface area contributed by atoms with Gasteiger partial charge >= 0.3 is 0 Å². The molecule has 0 aliphatic heterocycles. The third kappa shape index (κ3) is 4.79. The molecule has 0 aliphatic carbocycles. The number of sulfonamides is 1. The van der Waals surface area contributed by atoms with Gasteiger partial charge < -0.3 is 0 Å². The SMILES string of the molecule is Cc1ccc(S(=O)(=O)NCC/C=C\c2ccc(F)cc2)cc1. The molecule has 0 saturated carbocycles. The maximum atomic E-state index is 12.7. The van der Waals surface area contributed by atoms with Gasteiger partial charge in [-0.1, -0.05) is 42.0 Å². The second-order valence-corrected chi connectivity index (χ2v) is 6.72. The number of halogens is 1. The molecule has 1 N–H and O–H groups in total. The number of nitrogens with one attached hydrogen (secondary N) is 1. The maximum absolute atomic E-state index is 12.7. The van der Waals surface area contributed by atoms with Crippen molar-refractivity contribution in [2.75, 3.05) is 6.54 Å². The highest BCUT2D eigenvalue weighted by molar-refractivity contribution is 7.89. The van der Waals surface area contributed by atoms with Crippen molar-refractivity contribution < 1.29 is 12.8 Å². The summed E-state index contributed by atoms with van der Waals surface area (Å²) < 4.78 is 39.4. The largest absolute Gasteiger partial charge is 0.240 e. The molecular formula is C17H18FNO2S. The van der Waals surface area contributed by atoms with Crippen molar-refractivity contribution in [3.05, 3.63) is 71.6 Å². The molecule has 0 bridgehead atoms. The second kappa shape index (κ2) is 7.33. The fourth-order valence-electron chi connectivity index (χ4n) is 1.87. The lowest BCUT2D eigenvalue weighted by Crippen LogP contribution is -2.24. The van der Waals surface area contributed by atoms with Crippen LogP contribution in [0.15, 0.2) is 59.5 Å². The fraction of sp³-hybridized carbons (Fsp3) is 0.176. The molecule has 2 aromatic carbocycles. The molecule has 0 radical (unpaired) electrons. The molecule has 0 amide bonds. The van der Waals surface area contributed by atoms with Gasteiger partial charge in [-0.25, -0.2) is 17.5 Å². The molecule has 0 saturated heterocycles. The molecule has 22 heavy (non-hydrogen) atoms. The molecule has 2 rings (SSSR count). The molecule has 0 fully saturated rings. The number of rotatable bonds is 6.